The van der Waals surface area contributed by atoms with Gasteiger partial charge in [-0.15, -0.1) is 0 Å². The van der Waals surface area contributed by atoms with Crippen LogP contribution in [0.4, 0.5) is 0 Å². The van der Waals surface area contributed by atoms with Crippen molar-refractivity contribution in [3.05, 3.63) is 47.3 Å². The van der Waals surface area contributed by atoms with E-state index < -0.39 is 5.60 Å². The van der Waals surface area contributed by atoms with Gasteiger partial charge in [0.1, 0.15) is 11.4 Å². The largest absolute Gasteiger partial charge is 0.484 e. The van der Waals surface area contributed by atoms with Crippen molar-refractivity contribution < 1.29 is 18.8 Å². The second-order valence-corrected chi connectivity index (χ2v) is 7.64. The van der Waals surface area contributed by atoms with Crippen LogP contribution in [-0.2, 0) is 6.42 Å². The Morgan fingerprint density at radius 1 is 1.35 bits per heavy atom. The van der Waals surface area contributed by atoms with Crippen LogP contribution in [0.15, 0.2) is 34.9 Å². The fourth-order valence-electron chi connectivity index (χ4n) is 3.77. The van der Waals surface area contributed by atoms with Gasteiger partial charge >= 0.3 is 0 Å². The van der Waals surface area contributed by atoms with Gasteiger partial charge in [0, 0.05) is 19.0 Å². The lowest BCUT2D eigenvalue weighted by molar-refractivity contribution is 0.0419. The molecule has 3 heterocycles. The van der Waals surface area contributed by atoms with Crippen molar-refractivity contribution in [3.63, 3.8) is 0 Å². The molecule has 1 fully saturated rings. The summed E-state index contributed by atoms with van der Waals surface area (Å²) in [6.45, 7) is 5.10. The van der Waals surface area contributed by atoms with Gasteiger partial charge in [0.15, 0.2) is 5.78 Å². The molecule has 2 aromatic rings. The molecule has 136 valence electrons. The van der Waals surface area contributed by atoms with E-state index in [1.165, 1.54) is 0 Å². The van der Waals surface area contributed by atoms with Crippen LogP contribution in [0.1, 0.15) is 53.3 Å². The molecular formula is C20H22N2O4. The van der Waals surface area contributed by atoms with Crippen LogP contribution in [0.2, 0.25) is 0 Å². The highest BCUT2D eigenvalue weighted by atomic mass is 16.5. The average molecular weight is 354 g/mol. The lowest BCUT2D eigenvalue weighted by atomic mass is 9.89. The molecule has 1 saturated heterocycles. The zero-order valence-corrected chi connectivity index (χ0v) is 15.0. The second kappa shape index (κ2) is 6.27. The molecule has 0 N–H and O–H groups in total. The molecule has 0 bridgehead atoms. The van der Waals surface area contributed by atoms with E-state index >= 15 is 0 Å². The lowest BCUT2D eigenvalue weighted by Gasteiger charge is -2.34. The van der Waals surface area contributed by atoms with E-state index in [1.54, 1.807) is 17.0 Å². The number of hydrogen-bond donors (Lipinski definition) is 0. The maximum absolute atomic E-state index is 12.8. The number of carbonyl (C=O) groups is 2. The van der Waals surface area contributed by atoms with Crippen molar-refractivity contribution in [2.45, 2.75) is 38.7 Å². The number of hydrogen-bond acceptors (Lipinski definition) is 5. The van der Waals surface area contributed by atoms with Gasteiger partial charge in [-0.1, -0.05) is 31.1 Å². The Labute approximate surface area is 152 Å². The first-order valence-corrected chi connectivity index (χ1v) is 9.02. The molecule has 1 atom stereocenters. The third kappa shape index (κ3) is 3.00. The van der Waals surface area contributed by atoms with Crippen LogP contribution in [0.3, 0.4) is 0 Å². The number of carbonyl (C=O) groups excluding carboxylic acids is 2. The molecular weight excluding hydrogens is 332 g/mol. The molecule has 0 saturated carbocycles. The summed E-state index contributed by atoms with van der Waals surface area (Å²) in [7, 11) is 0. The molecule has 0 aliphatic carbocycles. The highest BCUT2D eigenvalue weighted by molar-refractivity contribution is 6.00. The topological polar surface area (TPSA) is 72.6 Å². The maximum atomic E-state index is 12.8. The van der Waals surface area contributed by atoms with E-state index in [-0.39, 0.29) is 17.5 Å². The third-order valence-corrected chi connectivity index (χ3v) is 4.99. The highest BCUT2D eigenvalue weighted by Crippen LogP contribution is 2.38. The average Bonchev–Trinajstić information content (AvgIpc) is 3.21. The van der Waals surface area contributed by atoms with Crippen molar-refractivity contribution >= 4 is 11.7 Å². The number of amides is 1. The van der Waals surface area contributed by atoms with Crippen LogP contribution in [0.25, 0.3) is 0 Å². The Bertz CT molecular complexity index is 857. The fourth-order valence-corrected chi connectivity index (χ4v) is 3.77. The van der Waals surface area contributed by atoms with Crippen molar-refractivity contribution in [2.75, 3.05) is 13.1 Å². The number of Topliss-reactive ketones (excluding diaryl/α,β-unsaturated/α-hetero) is 1. The summed E-state index contributed by atoms with van der Waals surface area (Å²) in [5, 5.41) is 3.99. The Balaban J connectivity index is 1.49. The lowest BCUT2D eigenvalue weighted by Crippen LogP contribution is -2.45. The van der Waals surface area contributed by atoms with E-state index in [2.05, 4.69) is 19.0 Å². The minimum atomic E-state index is -0.637. The Morgan fingerprint density at radius 2 is 2.15 bits per heavy atom. The zero-order chi connectivity index (χ0) is 18.3. The van der Waals surface area contributed by atoms with Gasteiger partial charge in [-0.05, 0) is 24.5 Å². The quantitative estimate of drug-likeness (QED) is 0.847. The van der Waals surface area contributed by atoms with Gasteiger partial charge in [0.05, 0.1) is 24.2 Å². The second-order valence-electron chi connectivity index (χ2n) is 7.64. The smallest absolute Gasteiger partial charge is 0.292 e. The summed E-state index contributed by atoms with van der Waals surface area (Å²) in [4.78, 5) is 26.9. The summed E-state index contributed by atoms with van der Waals surface area (Å²) < 4.78 is 11.4. The number of para-hydroxylation sites is 1. The van der Waals surface area contributed by atoms with Crippen LogP contribution >= 0.6 is 0 Å². The van der Waals surface area contributed by atoms with Crippen LogP contribution in [0, 0.1) is 5.92 Å². The molecule has 4 rings (SSSR count). The third-order valence-electron chi connectivity index (χ3n) is 4.99. The first kappa shape index (κ1) is 16.8. The number of rotatable bonds is 3. The molecule has 26 heavy (non-hydrogen) atoms. The number of nitrogens with zero attached hydrogens (tertiary/aromatic N) is 2. The number of fused-ring (bicyclic) bond motifs is 1. The van der Waals surface area contributed by atoms with Gasteiger partial charge in [0.2, 0.25) is 5.76 Å². The molecule has 2 aliphatic heterocycles. The Hall–Kier alpha value is -2.63. The van der Waals surface area contributed by atoms with E-state index in [1.807, 2.05) is 18.2 Å². The molecule has 0 radical (unpaired) electrons. The molecule has 6 nitrogen and oxygen atoms in total. The summed E-state index contributed by atoms with van der Waals surface area (Å²) in [5.74, 6) is 1.18. The Morgan fingerprint density at radius 3 is 2.96 bits per heavy atom. The fraction of sp³-hybridized carbons (Fsp3) is 0.450. The van der Waals surface area contributed by atoms with Crippen molar-refractivity contribution in [1.29, 1.82) is 0 Å². The van der Waals surface area contributed by atoms with Crippen LogP contribution in [-0.4, -0.2) is 40.4 Å². The van der Waals surface area contributed by atoms with Crippen LogP contribution < -0.4 is 4.74 Å². The summed E-state index contributed by atoms with van der Waals surface area (Å²) in [6, 6.07) is 9.00. The number of ketones is 1. The Kier molecular flexibility index (Phi) is 4.05. The highest BCUT2D eigenvalue weighted by Gasteiger charge is 2.47. The van der Waals surface area contributed by atoms with Gasteiger partial charge < -0.3 is 14.2 Å². The standard InChI is InChI=1S/C20H22N2O4/c1-13(2)9-14-10-18(26-21-14)19(24)22-8-7-20(12-22)11-16(23)15-5-3-4-6-17(15)25-20/h3-6,10,13H,7-9,11-12H2,1-2H3. The summed E-state index contributed by atoms with van der Waals surface area (Å²) in [5.41, 5.74) is 0.772. The number of likely N-dealkylation sites (tertiary alicyclic amines) is 1. The summed E-state index contributed by atoms with van der Waals surface area (Å²) >= 11 is 0. The molecule has 1 amide bonds. The predicted molar refractivity (Wildman–Crippen MR) is 94.3 cm³/mol. The van der Waals surface area contributed by atoms with Crippen LogP contribution in [0.5, 0.6) is 5.75 Å². The zero-order valence-electron chi connectivity index (χ0n) is 15.0. The maximum Gasteiger partial charge on any atom is 0.292 e. The van der Waals surface area contributed by atoms with E-state index in [0.717, 1.165) is 12.1 Å². The van der Waals surface area contributed by atoms with Crippen molar-refractivity contribution in [1.82, 2.24) is 10.1 Å². The predicted octanol–water partition coefficient (Wildman–Crippen LogP) is 3.12. The van der Waals surface area contributed by atoms with E-state index in [4.69, 9.17) is 9.26 Å². The molecule has 6 heteroatoms. The normalized spacial score (nSPS) is 22.0. The molecule has 1 aromatic carbocycles. The SMILES string of the molecule is CC(C)Cc1cc(C(=O)N2CCC3(CC(=O)c4ccccc4O3)C2)on1. The minimum Gasteiger partial charge on any atom is -0.484 e. The minimum absolute atomic E-state index is 0.0695. The van der Waals surface area contributed by atoms with Gasteiger partial charge in [-0.2, -0.15) is 0 Å². The number of ether oxygens (including phenoxy) is 1. The van der Waals surface area contributed by atoms with Gasteiger partial charge in [-0.25, -0.2) is 0 Å². The summed E-state index contributed by atoms with van der Waals surface area (Å²) in [6.07, 6.45) is 1.70. The molecule has 1 spiro atoms. The first-order valence-electron chi connectivity index (χ1n) is 9.02. The number of benzene rings is 1. The van der Waals surface area contributed by atoms with Gasteiger partial charge in [0.25, 0.3) is 5.91 Å². The van der Waals surface area contributed by atoms with E-state index in [0.29, 0.717) is 43.2 Å². The molecule has 2 aliphatic rings. The monoisotopic (exact) mass is 354 g/mol. The van der Waals surface area contributed by atoms with Crippen molar-refractivity contribution in [2.24, 2.45) is 5.92 Å². The molecule has 1 aromatic heterocycles. The van der Waals surface area contributed by atoms with Gasteiger partial charge in [-0.3, -0.25) is 9.59 Å². The number of aromatic nitrogens is 1. The van der Waals surface area contributed by atoms with Crippen molar-refractivity contribution in [3.8, 4) is 5.75 Å². The first-order chi connectivity index (χ1) is 12.5. The van der Waals surface area contributed by atoms with E-state index in [9.17, 15) is 9.59 Å². The molecule has 1 unspecified atom stereocenters.